The van der Waals surface area contributed by atoms with E-state index in [0.717, 1.165) is 6.42 Å². The lowest BCUT2D eigenvalue weighted by atomic mass is 9.96. The number of carbonyl (C=O) groups is 2. The highest BCUT2D eigenvalue weighted by Gasteiger charge is 2.48. The van der Waals surface area contributed by atoms with E-state index in [4.69, 9.17) is 9.26 Å². The molecule has 1 aliphatic heterocycles. The van der Waals surface area contributed by atoms with Crippen LogP contribution < -0.4 is 9.64 Å². The first-order chi connectivity index (χ1) is 15.0. The molecule has 8 heteroatoms. The van der Waals surface area contributed by atoms with E-state index in [1.807, 2.05) is 6.92 Å². The number of hydrogen-bond donors (Lipinski definition) is 1. The number of hydrogen-bond acceptors (Lipinski definition) is 7. The first kappa shape index (κ1) is 20.3. The highest BCUT2D eigenvalue weighted by atomic mass is 16.5. The van der Waals surface area contributed by atoms with Crippen LogP contribution in [0.3, 0.4) is 0 Å². The second-order valence-electron chi connectivity index (χ2n) is 7.12. The molecule has 4 rings (SSSR count). The summed E-state index contributed by atoms with van der Waals surface area (Å²) in [5.41, 5.74) is 0.916. The molecule has 1 aliphatic rings. The molecular weight excluding hydrogens is 398 g/mol. The van der Waals surface area contributed by atoms with Gasteiger partial charge in [-0.3, -0.25) is 19.5 Å². The largest absolute Gasteiger partial charge is 0.507 e. The Balaban J connectivity index is 1.82. The molecule has 3 aromatic rings. The predicted octanol–water partition coefficient (Wildman–Crippen LogP) is 3.79. The summed E-state index contributed by atoms with van der Waals surface area (Å²) in [5, 5.41) is 15.0. The van der Waals surface area contributed by atoms with Crippen LogP contribution in [0.1, 0.15) is 36.3 Å². The van der Waals surface area contributed by atoms with Crippen molar-refractivity contribution in [2.45, 2.75) is 26.3 Å². The molecule has 1 fully saturated rings. The molecule has 1 aromatic carbocycles. The number of nitrogens with zero attached hydrogens (tertiary/aromatic N) is 3. The van der Waals surface area contributed by atoms with E-state index in [-0.39, 0.29) is 17.2 Å². The lowest BCUT2D eigenvalue weighted by Crippen LogP contribution is -2.29. The van der Waals surface area contributed by atoms with Gasteiger partial charge in [0.1, 0.15) is 17.3 Å². The van der Waals surface area contributed by atoms with Crippen molar-refractivity contribution in [1.82, 2.24) is 10.1 Å². The summed E-state index contributed by atoms with van der Waals surface area (Å²) >= 11 is 0. The molecule has 3 heterocycles. The van der Waals surface area contributed by atoms with E-state index >= 15 is 0 Å². The number of Topliss-reactive ketones (excluding diaryl/α,β-unsaturated/α-hetero) is 1. The number of ketones is 1. The number of ether oxygens (including phenoxy) is 1. The minimum atomic E-state index is -0.894. The van der Waals surface area contributed by atoms with Gasteiger partial charge >= 0.3 is 5.91 Å². The zero-order valence-corrected chi connectivity index (χ0v) is 17.1. The van der Waals surface area contributed by atoms with Crippen molar-refractivity contribution in [3.05, 3.63) is 77.3 Å². The van der Waals surface area contributed by atoms with Gasteiger partial charge in [-0.1, -0.05) is 18.1 Å². The van der Waals surface area contributed by atoms with Gasteiger partial charge in [0.05, 0.1) is 18.2 Å². The minimum absolute atomic E-state index is 0.0409. The summed E-state index contributed by atoms with van der Waals surface area (Å²) in [6.07, 6.45) is 4.01. The molecule has 1 saturated heterocycles. The van der Waals surface area contributed by atoms with Gasteiger partial charge < -0.3 is 14.4 Å². The van der Waals surface area contributed by atoms with Crippen LogP contribution in [0.4, 0.5) is 5.82 Å². The summed E-state index contributed by atoms with van der Waals surface area (Å²) in [4.78, 5) is 31.2. The molecular formula is C23H21N3O5. The van der Waals surface area contributed by atoms with Crippen LogP contribution in [-0.2, 0) is 9.59 Å². The molecule has 0 saturated carbocycles. The smallest absolute Gasteiger partial charge is 0.301 e. The molecule has 8 nitrogen and oxygen atoms in total. The Morgan fingerprint density at radius 3 is 2.61 bits per heavy atom. The van der Waals surface area contributed by atoms with Crippen LogP contribution in [-0.4, -0.2) is 33.5 Å². The number of aliphatic hydroxyl groups is 1. The maximum absolute atomic E-state index is 13.0. The Hall–Kier alpha value is -3.94. The standard InChI is InChI=1S/C23H21N3O5/c1-3-11-30-17-8-6-15(7-9-17)21(27)19-20(16-5-4-10-24-13-16)26(23(29)22(19)28)18-12-14(2)31-25-18/h4-10,12-13,20,27H,3,11H2,1-2H3/b21-19+. The van der Waals surface area contributed by atoms with Crippen LogP contribution >= 0.6 is 0 Å². The van der Waals surface area contributed by atoms with E-state index in [0.29, 0.717) is 29.2 Å². The van der Waals surface area contributed by atoms with E-state index < -0.39 is 17.7 Å². The molecule has 1 N–H and O–H groups in total. The molecule has 0 bridgehead atoms. The van der Waals surface area contributed by atoms with Crippen molar-refractivity contribution in [2.24, 2.45) is 0 Å². The van der Waals surface area contributed by atoms with Crippen molar-refractivity contribution < 1.29 is 24.0 Å². The van der Waals surface area contributed by atoms with Gasteiger partial charge in [0, 0.05) is 24.0 Å². The fourth-order valence-corrected chi connectivity index (χ4v) is 3.47. The van der Waals surface area contributed by atoms with E-state index in [1.54, 1.807) is 61.8 Å². The van der Waals surface area contributed by atoms with Crippen LogP contribution in [0.5, 0.6) is 5.75 Å². The maximum Gasteiger partial charge on any atom is 0.301 e. The quantitative estimate of drug-likeness (QED) is 0.368. The second-order valence-corrected chi connectivity index (χ2v) is 7.12. The molecule has 31 heavy (non-hydrogen) atoms. The van der Waals surface area contributed by atoms with Crippen molar-refractivity contribution in [3.8, 4) is 5.75 Å². The Kier molecular flexibility index (Phi) is 5.53. The number of benzene rings is 1. The number of rotatable bonds is 6. The average Bonchev–Trinajstić information content (AvgIpc) is 3.33. The number of anilines is 1. The predicted molar refractivity (Wildman–Crippen MR) is 112 cm³/mol. The summed E-state index contributed by atoms with van der Waals surface area (Å²) in [7, 11) is 0. The number of aromatic nitrogens is 2. The molecule has 158 valence electrons. The number of aliphatic hydroxyl groups excluding tert-OH is 1. The first-order valence-corrected chi connectivity index (χ1v) is 9.88. The van der Waals surface area contributed by atoms with Crippen molar-refractivity contribution in [1.29, 1.82) is 0 Å². The highest BCUT2D eigenvalue weighted by Crippen LogP contribution is 2.41. The summed E-state index contributed by atoms with van der Waals surface area (Å²) in [6, 6.07) is 10.8. The van der Waals surface area contributed by atoms with Crippen LogP contribution in [0.25, 0.3) is 5.76 Å². The monoisotopic (exact) mass is 419 g/mol. The van der Waals surface area contributed by atoms with Gasteiger partial charge in [0.25, 0.3) is 5.78 Å². The highest BCUT2D eigenvalue weighted by molar-refractivity contribution is 6.51. The first-order valence-electron chi connectivity index (χ1n) is 9.88. The third kappa shape index (κ3) is 3.79. The van der Waals surface area contributed by atoms with Gasteiger partial charge in [-0.25, -0.2) is 0 Å². The fraction of sp³-hybridized carbons (Fsp3) is 0.217. The van der Waals surface area contributed by atoms with Gasteiger partial charge in [-0.15, -0.1) is 0 Å². The van der Waals surface area contributed by atoms with Crippen LogP contribution in [0.15, 0.2) is 65.0 Å². The third-order valence-electron chi connectivity index (χ3n) is 4.91. The third-order valence-corrected chi connectivity index (χ3v) is 4.91. The fourth-order valence-electron chi connectivity index (χ4n) is 3.47. The molecule has 1 atom stereocenters. The van der Waals surface area contributed by atoms with Crippen molar-refractivity contribution >= 4 is 23.3 Å². The van der Waals surface area contributed by atoms with Gasteiger partial charge in [0.15, 0.2) is 5.82 Å². The van der Waals surface area contributed by atoms with E-state index in [1.165, 1.54) is 4.90 Å². The Bertz CT molecular complexity index is 1140. The summed E-state index contributed by atoms with van der Waals surface area (Å²) < 4.78 is 10.7. The van der Waals surface area contributed by atoms with Crippen molar-refractivity contribution in [2.75, 3.05) is 11.5 Å². The number of pyridine rings is 1. The van der Waals surface area contributed by atoms with Crippen LogP contribution in [0.2, 0.25) is 0 Å². The lowest BCUT2D eigenvalue weighted by Gasteiger charge is -2.22. The van der Waals surface area contributed by atoms with E-state index in [2.05, 4.69) is 10.1 Å². The Morgan fingerprint density at radius 2 is 2.00 bits per heavy atom. The number of aryl methyl sites for hydroxylation is 1. The normalized spacial score (nSPS) is 17.9. The van der Waals surface area contributed by atoms with E-state index in [9.17, 15) is 14.7 Å². The maximum atomic E-state index is 13.0. The second kappa shape index (κ2) is 8.43. The molecule has 1 amide bonds. The van der Waals surface area contributed by atoms with Crippen LogP contribution in [0, 0.1) is 6.92 Å². The zero-order chi connectivity index (χ0) is 22.0. The topological polar surface area (TPSA) is 106 Å². The Morgan fingerprint density at radius 1 is 1.23 bits per heavy atom. The average molecular weight is 419 g/mol. The zero-order valence-electron chi connectivity index (χ0n) is 17.1. The lowest BCUT2D eigenvalue weighted by molar-refractivity contribution is -0.132. The van der Waals surface area contributed by atoms with Crippen molar-refractivity contribution in [3.63, 3.8) is 0 Å². The molecule has 0 spiro atoms. The minimum Gasteiger partial charge on any atom is -0.507 e. The van der Waals surface area contributed by atoms with Gasteiger partial charge in [-0.2, -0.15) is 0 Å². The number of carbonyl (C=O) groups excluding carboxylic acids is 2. The molecule has 0 radical (unpaired) electrons. The Labute approximate surface area is 178 Å². The number of amides is 1. The van der Waals surface area contributed by atoms with Gasteiger partial charge in [-0.05, 0) is 49.2 Å². The molecule has 1 unspecified atom stereocenters. The summed E-state index contributed by atoms with van der Waals surface area (Å²) in [5.74, 6) is -0.553. The SMILES string of the molecule is CCCOc1ccc(/C(O)=C2\C(=O)C(=O)N(c3cc(C)on3)C2c2cccnc2)cc1. The summed E-state index contributed by atoms with van der Waals surface area (Å²) in [6.45, 7) is 4.27. The molecule has 2 aromatic heterocycles. The molecule has 0 aliphatic carbocycles. The van der Waals surface area contributed by atoms with Gasteiger partial charge in [0.2, 0.25) is 0 Å².